The lowest BCUT2D eigenvalue weighted by Gasteiger charge is -2.38. The molecular weight excluding hydrogens is 426 g/mol. The molecule has 8 heteroatoms. The van der Waals surface area contributed by atoms with Gasteiger partial charge in [-0.2, -0.15) is 0 Å². The van der Waals surface area contributed by atoms with Gasteiger partial charge in [-0.3, -0.25) is 9.59 Å². The highest BCUT2D eigenvalue weighted by Gasteiger charge is 2.34. The lowest BCUT2D eigenvalue weighted by molar-refractivity contribution is -0.138. The van der Waals surface area contributed by atoms with Crippen molar-refractivity contribution in [3.63, 3.8) is 0 Å². The average molecular weight is 452 g/mol. The maximum Gasteiger partial charge on any atom is 0.255 e. The third kappa shape index (κ3) is 4.09. The Morgan fingerprint density at radius 1 is 1.00 bits per heavy atom. The molecule has 0 saturated carbocycles. The number of benzene rings is 1. The number of nitrogens with zero attached hydrogens (tertiary/aromatic N) is 4. The predicted octanol–water partition coefficient (Wildman–Crippen LogP) is 3.87. The summed E-state index contributed by atoms with van der Waals surface area (Å²) in [6, 6.07) is 11.0. The van der Waals surface area contributed by atoms with Crippen molar-refractivity contribution in [2.24, 2.45) is 5.92 Å². The van der Waals surface area contributed by atoms with Crippen molar-refractivity contribution in [1.29, 1.82) is 0 Å². The topological polar surface area (TPSA) is 82.2 Å². The summed E-state index contributed by atoms with van der Waals surface area (Å²) in [5.41, 5.74) is 2.14. The number of aromatic nitrogens is 3. The van der Waals surface area contributed by atoms with Gasteiger partial charge in [0.15, 0.2) is 5.65 Å². The number of fused-ring (bicyclic) bond motifs is 1. The molecule has 2 saturated heterocycles. The molecule has 0 aliphatic carbocycles. The molecule has 2 aliphatic rings. The molecule has 2 unspecified atom stereocenters. The smallest absolute Gasteiger partial charge is 0.255 e. The molecule has 0 radical (unpaired) electrons. The van der Waals surface area contributed by atoms with E-state index in [9.17, 15) is 9.59 Å². The van der Waals surface area contributed by atoms with Crippen LogP contribution in [0.4, 0.5) is 0 Å². The van der Waals surface area contributed by atoms with E-state index in [1.165, 1.54) is 0 Å². The number of nitrogens with one attached hydrogen (secondary N) is 1. The molecule has 2 aromatic heterocycles. The number of likely N-dealkylation sites (tertiary alicyclic amines) is 2. The van der Waals surface area contributed by atoms with Gasteiger partial charge < -0.3 is 14.8 Å². The number of amides is 2. The van der Waals surface area contributed by atoms with Gasteiger partial charge in [-0.15, -0.1) is 0 Å². The second kappa shape index (κ2) is 8.90. The fourth-order valence-corrected chi connectivity index (χ4v) is 5.10. The fraction of sp³-hybridized carbons (Fsp3) is 0.417. The number of aromatic amines is 1. The van der Waals surface area contributed by atoms with E-state index in [0.29, 0.717) is 35.9 Å². The number of hydrogen-bond acceptors (Lipinski definition) is 4. The third-order valence-corrected chi connectivity index (χ3v) is 6.89. The minimum Gasteiger partial charge on any atom is -0.342 e. The first kappa shape index (κ1) is 20.9. The van der Waals surface area contributed by atoms with Crippen molar-refractivity contribution >= 4 is 34.6 Å². The number of halogens is 1. The molecule has 166 valence electrons. The average Bonchev–Trinajstić information content (AvgIpc) is 3.28. The van der Waals surface area contributed by atoms with Gasteiger partial charge in [0.05, 0.1) is 22.0 Å². The Labute approximate surface area is 191 Å². The lowest BCUT2D eigenvalue weighted by Crippen LogP contribution is -2.49. The van der Waals surface area contributed by atoms with Crippen molar-refractivity contribution in [2.75, 3.05) is 26.2 Å². The molecule has 32 heavy (non-hydrogen) atoms. The summed E-state index contributed by atoms with van der Waals surface area (Å²) in [4.78, 5) is 42.4. The Morgan fingerprint density at radius 2 is 1.81 bits per heavy atom. The molecule has 1 N–H and O–H groups in total. The lowest BCUT2D eigenvalue weighted by atomic mass is 9.92. The molecule has 3 aromatic rings. The summed E-state index contributed by atoms with van der Waals surface area (Å²) in [6.45, 7) is 2.50. The first-order chi connectivity index (χ1) is 15.6. The van der Waals surface area contributed by atoms with Crippen LogP contribution in [0.1, 0.15) is 47.8 Å². The van der Waals surface area contributed by atoms with Gasteiger partial charge >= 0.3 is 0 Å². The van der Waals surface area contributed by atoms with Crippen molar-refractivity contribution in [2.45, 2.75) is 31.6 Å². The van der Waals surface area contributed by atoms with E-state index in [1.54, 1.807) is 23.2 Å². The Kier molecular flexibility index (Phi) is 5.83. The molecule has 4 heterocycles. The van der Waals surface area contributed by atoms with Gasteiger partial charge in [0.1, 0.15) is 5.82 Å². The van der Waals surface area contributed by atoms with Gasteiger partial charge in [-0.25, -0.2) is 9.97 Å². The molecule has 0 spiro atoms. The summed E-state index contributed by atoms with van der Waals surface area (Å²) in [6.07, 6.45) is 5.30. The first-order valence-electron chi connectivity index (χ1n) is 11.2. The van der Waals surface area contributed by atoms with Crippen molar-refractivity contribution in [3.05, 3.63) is 59.0 Å². The van der Waals surface area contributed by atoms with Crippen LogP contribution in [-0.2, 0) is 4.79 Å². The standard InChI is InChI=1S/C24H26ClN5O2/c25-19-9-2-1-8-18(19)24(32)30-13-5-7-17(15-30)23(31)29-12-4-6-16(14-29)21-27-20-10-3-11-26-22(20)28-21/h1-3,8-11,16-17H,4-7,12-15H2,(H,26,27,28). The number of carbonyl (C=O) groups is 2. The summed E-state index contributed by atoms with van der Waals surface area (Å²) in [5.74, 6) is 0.938. The molecule has 0 bridgehead atoms. The SMILES string of the molecule is O=C(c1ccccc1Cl)N1CCCC(C(=O)N2CCCC(c3nc4ncccc4[nH]3)C2)C1. The zero-order valence-corrected chi connectivity index (χ0v) is 18.6. The van der Waals surface area contributed by atoms with Gasteiger partial charge in [0.25, 0.3) is 5.91 Å². The van der Waals surface area contributed by atoms with Crippen LogP contribution in [-0.4, -0.2) is 62.7 Å². The van der Waals surface area contributed by atoms with Crippen LogP contribution in [0.5, 0.6) is 0 Å². The van der Waals surface area contributed by atoms with E-state index in [4.69, 9.17) is 11.6 Å². The second-order valence-corrected chi connectivity index (χ2v) is 9.10. The fourth-order valence-electron chi connectivity index (χ4n) is 4.88. The number of H-pyrrole nitrogens is 1. The van der Waals surface area contributed by atoms with Gasteiger partial charge in [-0.1, -0.05) is 23.7 Å². The van der Waals surface area contributed by atoms with Gasteiger partial charge in [-0.05, 0) is 49.9 Å². The minimum atomic E-state index is -0.175. The quantitative estimate of drug-likeness (QED) is 0.655. The van der Waals surface area contributed by atoms with Crippen LogP contribution in [0.25, 0.3) is 11.2 Å². The normalized spacial score (nSPS) is 21.7. The zero-order valence-electron chi connectivity index (χ0n) is 17.8. The zero-order chi connectivity index (χ0) is 22.1. The summed E-state index contributed by atoms with van der Waals surface area (Å²) >= 11 is 6.23. The number of hydrogen-bond donors (Lipinski definition) is 1. The molecule has 1 aromatic carbocycles. The van der Waals surface area contributed by atoms with Crippen molar-refractivity contribution in [3.8, 4) is 0 Å². The van der Waals surface area contributed by atoms with Crippen LogP contribution in [0.3, 0.4) is 0 Å². The van der Waals surface area contributed by atoms with Gasteiger partial charge in [0, 0.05) is 38.3 Å². The molecular formula is C24H26ClN5O2. The number of pyridine rings is 1. The van der Waals surface area contributed by atoms with E-state index in [0.717, 1.165) is 43.6 Å². The van der Waals surface area contributed by atoms with Crippen LogP contribution in [0.2, 0.25) is 5.02 Å². The molecule has 5 rings (SSSR count). The first-order valence-corrected chi connectivity index (χ1v) is 11.6. The monoisotopic (exact) mass is 451 g/mol. The molecule has 2 fully saturated rings. The minimum absolute atomic E-state index is 0.0978. The number of carbonyl (C=O) groups excluding carboxylic acids is 2. The highest BCUT2D eigenvalue weighted by Crippen LogP contribution is 2.29. The number of rotatable bonds is 3. The second-order valence-electron chi connectivity index (χ2n) is 8.69. The highest BCUT2D eigenvalue weighted by molar-refractivity contribution is 6.33. The van der Waals surface area contributed by atoms with E-state index >= 15 is 0 Å². The third-order valence-electron chi connectivity index (χ3n) is 6.56. The van der Waals surface area contributed by atoms with Crippen LogP contribution < -0.4 is 0 Å². The number of imidazole rings is 1. The largest absolute Gasteiger partial charge is 0.342 e. The summed E-state index contributed by atoms with van der Waals surface area (Å²) < 4.78 is 0. The highest BCUT2D eigenvalue weighted by atomic mass is 35.5. The Bertz CT molecular complexity index is 1110. The molecule has 7 nitrogen and oxygen atoms in total. The Hall–Kier alpha value is -2.93. The molecule has 2 amide bonds. The van der Waals surface area contributed by atoms with E-state index in [2.05, 4.69) is 15.0 Å². The van der Waals surface area contributed by atoms with Crippen LogP contribution >= 0.6 is 11.6 Å². The summed E-state index contributed by atoms with van der Waals surface area (Å²) in [7, 11) is 0. The van der Waals surface area contributed by atoms with Crippen LogP contribution in [0.15, 0.2) is 42.6 Å². The Balaban J connectivity index is 1.27. The number of piperidine rings is 2. The maximum absolute atomic E-state index is 13.4. The molecule has 2 atom stereocenters. The maximum atomic E-state index is 13.4. The Morgan fingerprint density at radius 3 is 2.66 bits per heavy atom. The molecule has 2 aliphatic heterocycles. The van der Waals surface area contributed by atoms with E-state index < -0.39 is 0 Å². The predicted molar refractivity (Wildman–Crippen MR) is 123 cm³/mol. The van der Waals surface area contributed by atoms with Crippen molar-refractivity contribution < 1.29 is 9.59 Å². The van der Waals surface area contributed by atoms with Crippen LogP contribution in [0, 0.1) is 5.92 Å². The summed E-state index contributed by atoms with van der Waals surface area (Å²) in [5, 5.41) is 0.449. The van der Waals surface area contributed by atoms with Crippen molar-refractivity contribution in [1.82, 2.24) is 24.8 Å². The van der Waals surface area contributed by atoms with E-state index in [-0.39, 0.29) is 23.7 Å². The van der Waals surface area contributed by atoms with Gasteiger partial charge in [0.2, 0.25) is 5.91 Å². The van der Waals surface area contributed by atoms with E-state index in [1.807, 2.05) is 29.2 Å².